The van der Waals surface area contributed by atoms with Crippen LogP contribution in [0.3, 0.4) is 0 Å². The maximum absolute atomic E-state index is 10.2. The average molecular weight is 273 g/mol. The van der Waals surface area contributed by atoms with E-state index in [2.05, 4.69) is 43.4 Å². The Kier molecular flexibility index (Phi) is 3.87. The molecule has 0 amide bonds. The summed E-state index contributed by atoms with van der Waals surface area (Å²) in [5.74, 6) is 0. The molecule has 1 aromatic rings. The van der Waals surface area contributed by atoms with Gasteiger partial charge in [-0.3, -0.25) is 0 Å². The Morgan fingerprint density at radius 3 is 2.65 bits per heavy atom. The third-order valence-electron chi connectivity index (χ3n) is 5.27. The molecule has 2 N–H and O–H groups in total. The molecule has 3 unspecified atom stereocenters. The zero-order valence-corrected chi connectivity index (χ0v) is 12.7. The monoisotopic (exact) mass is 273 g/mol. The van der Waals surface area contributed by atoms with Gasteiger partial charge in [-0.2, -0.15) is 0 Å². The van der Waals surface area contributed by atoms with Crippen LogP contribution < -0.4 is 5.32 Å². The van der Waals surface area contributed by atoms with Crippen LogP contribution in [0.4, 0.5) is 0 Å². The van der Waals surface area contributed by atoms with Crippen molar-refractivity contribution in [2.75, 3.05) is 0 Å². The van der Waals surface area contributed by atoms with Gasteiger partial charge >= 0.3 is 0 Å². The summed E-state index contributed by atoms with van der Waals surface area (Å²) >= 11 is 0. The Labute approximate surface area is 122 Å². The van der Waals surface area contributed by atoms with Crippen molar-refractivity contribution in [2.24, 2.45) is 0 Å². The van der Waals surface area contributed by atoms with E-state index in [0.29, 0.717) is 6.04 Å². The van der Waals surface area contributed by atoms with Crippen LogP contribution in [0.1, 0.15) is 69.5 Å². The minimum absolute atomic E-state index is 0.161. The Hall–Kier alpha value is -0.860. The Morgan fingerprint density at radius 2 is 1.85 bits per heavy atom. The van der Waals surface area contributed by atoms with Gasteiger partial charge in [0.2, 0.25) is 0 Å². The number of aliphatic hydroxyl groups excluding tert-OH is 1. The van der Waals surface area contributed by atoms with Crippen LogP contribution in [0, 0.1) is 0 Å². The van der Waals surface area contributed by atoms with Crippen molar-refractivity contribution in [3.8, 4) is 0 Å². The fourth-order valence-corrected chi connectivity index (χ4v) is 3.95. The van der Waals surface area contributed by atoms with Gasteiger partial charge < -0.3 is 10.4 Å². The first-order valence-electron chi connectivity index (χ1n) is 8.11. The molecule has 1 saturated carbocycles. The van der Waals surface area contributed by atoms with E-state index in [0.717, 1.165) is 12.8 Å². The van der Waals surface area contributed by atoms with Crippen molar-refractivity contribution < 1.29 is 5.11 Å². The topological polar surface area (TPSA) is 32.3 Å². The summed E-state index contributed by atoms with van der Waals surface area (Å²) in [7, 11) is 0. The standard InChI is InChI=1S/C18H27NO/c1-18(2)12-11-15(13-7-3-4-8-14(13)18)19-16-9-5-6-10-17(16)20/h3-4,7-8,15-17,19-20H,5-6,9-12H2,1-2H3. The predicted molar refractivity (Wildman–Crippen MR) is 82.8 cm³/mol. The molecule has 2 nitrogen and oxygen atoms in total. The highest BCUT2D eigenvalue weighted by Gasteiger charge is 2.34. The summed E-state index contributed by atoms with van der Waals surface area (Å²) in [5.41, 5.74) is 3.20. The van der Waals surface area contributed by atoms with Crippen molar-refractivity contribution >= 4 is 0 Å². The lowest BCUT2D eigenvalue weighted by atomic mass is 9.71. The summed E-state index contributed by atoms with van der Waals surface area (Å²) in [6.45, 7) is 4.69. The molecule has 0 spiro atoms. The Bertz CT molecular complexity index is 468. The van der Waals surface area contributed by atoms with Gasteiger partial charge in [0, 0.05) is 12.1 Å². The van der Waals surface area contributed by atoms with E-state index >= 15 is 0 Å². The summed E-state index contributed by atoms with van der Waals surface area (Å²) in [5, 5.41) is 13.9. The first-order chi connectivity index (χ1) is 9.58. The van der Waals surface area contributed by atoms with E-state index in [4.69, 9.17) is 0 Å². The molecule has 0 bridgehead atoms. The second kappa shape index (κ2) is 5.50. The number of nitrogens with one attached hydrogen (secondary N) is 1. The molecule has 110 valence electrons. The summed E-state index contributed by atoms with van der Waals surface area (Å²) in [6.07, 6.45) is 6.71. The number of hydrogen-bond acceptors (Lipinski definition) is 2. The minimum Gasteiger partial charge on any atom is -0.392 e. The van der Waals surface area contributed by atoms with Crippen LogP contribution in [-0.2, 0) is 5.41 Å². The second-order valence-corrected chi connectivity index (χ2v) is 7.19. The molecule has 1 aromatic carbocycles. The number of hydrogen-bond donors (Lipinski definition) is 2. The van der Waals surface area contributed by atoms with Gasteiger partial charge in [-0.15, -0.1) is 0 Å². The molecular weight excluding hydrogens is 246 g/mol. The lowest BCUT2D eigenvalue weighted by molar-refractivity contribution is 0.0824. The normalized spacial score (nSPS) is 32.6. The maximum atomic E-state index is 10.2. The number of fused-ring (bicyclic) bond motifs is 1. The van der Waals surface area contributed by atoms with Crippen molar-refractivity contribution in [1.82, 2.24) is 5.32 Å². The van der Waals surface area contributed by atoms with Crippen molar-refractivity contribution in [2.45, 2.75) is 76.0 Å². The Balaban J connectivity index is 1.81. The van der Waals surface area contributed by atoms with Crippen LogP contribution >= 0.6 is 0 Å². The molecule has 0 saturated heterocycles. The van der Waals surface area contributed by atoms with E-state index in [1.807, 2.05) is 0 Å². The highest BCUT2D eigenvalue weighted by molar-refractivity contribution is 5.38. The van der Waals surface area contributed by atoms with Crippen LogP contribution in [0.15, 0.2) is 24.3 Å². The van der Waals surface area contributed by atoms with E-state index in [-0.39, 0.29) is 17.6 Å². The number of rotatable bonds is 2. The van der Waals surface area contributed by atoms with Crippen LogP contribution in [0.25, 0.3) is 0 Å². The second-order valence-electron chi connectivity index (χ2n) is 7.19. The van der Waals surface area contributed by atoms with Gasteiger partial charge in [-0.25, -0.2) is 0 Å². The van der Waals surface area contributed by atoms with Gasteiger partial charge in [0.15, 0.2) is 0 Å². The first kappa shape index (κ1) is 14.1. The zero-order chi connectivity index (χ0) is 14.2. The van der Waals surface area contributed by atoms with Crippen LogP contribution in [0.5, 0.6) is 0 Å². The molecule has 1 fully saturated rings. The van der Waals surface area contributed by atoms with Crippen LogP contribution in [0.2, 0.25) is 0 Å². The smallest absolute Gasteiger partial charge is 0.0693 e. The lowest BCUT2D eigenvalue weighted by Crippen LogP contribution is -2.45. The Morgan fingerprint density at radius 1 is 1.10 bits per heavy atom. The fraction of sp³-hybridized carbons (Fsp3) is 0.667. The molecule has 0 aromatic heterocycles. The molecule has 2 aliphatic carbocycles. The van der Waals surface area contributed by atoms with Crippen molar-refractivity contribution in [3.63, 3.8) is 0 Å². The summed E-state index contributed by atoms with van der Waals surface area (Å²) < 4.78 is 0. The van der Waals surface area contributed by atoms with E-state index in [9.17, 15) is 5.11 Å². The molecule has 2 aliphatic rings. The third kappa shape index (κ3) is 2.64. The largest absolute Gasteiger partial charge is 0.392 e. The molecule has 0 aliphatic heterocycles. The van der Waals surface area contributed by atoms with Gasteiger partial charge in [-0.1, -0.05) is 51.0 Å². The number of benzene rings is 1. The highest BCUT2D eigenvalue weighted by Crippen LogP contribution is 2.41. The SMILES string of the molecule is CC1(C)CCC(NC2CCCCC2O)c2ccccc21. The fourth-order valence-electron chi connectivity index (χ4n) is 3.95. The van der Waals surface area contributed by atoms with Gasteiger partial charge in [0.1, 0.15) is 0 Å². The predicted octanol–water partition coefficient (Wildman–Crippen LogP) is 3.69. The lowest BCUT2D eigenvalue weighted by Gasteiger charge is -2.40. The molecular formula is C18H27NO. The van der Waals surface area contributed by atoms with Gasteiger partial charge in [-0.05, 0) is 42.2 Å². The van der Waals surface area contributed by atoms with Crippen molar-refractivity contribution in [3.05, 3.63) is 35.4 Å². The molecule has 2 heteroatoms. The van der Waals surface area contributed by atoms with Crippen LogP contribution in [-0.4, -0.2) is 17.3 Å². The number of aliphatic hydroxyl groups is 1. The molecule has 20 heavy (non-hydrogen) atoms. The molecule has 0 radical (unpaired) electrons. The quantitative estimate of drug-likeness (QED) is 0.861. The molecule has 0 heterocycles. The van der Waals surface area contributed by atoms with E-state index in [1.54, 1.807) is 0 Å². The average Bonchev–Trinajstić information content (AvgIpc) is 2.44. The summed E-state index contributed by atoms with van der Waals surface area (Å²) in [4.78, 5) is 0. The highest BCUT2D eigenvalue weighted by atomic mass is 16.3. The first-order valence-corrected chi connectivity index (χ1v) is 8.11. The molecule has 3 rings (SSSR count). The van der Waals surface area contributed by atoms with E-state index in [1.165, 1.54) is 36.8 Å². The maximum Gasteiger partial charge on any atom is 0.0693 e. The van der Waals surface area contributed by atoms with Crippen molar-refractivity contribution in [1.29, 1.82) is 0 Å². The van der Waals surface area contributed by atoms with Gasteiger partial charge in [0.05, 0.1) is 6.10 Å². The zero-order valence-electron chi connectivity index (χ0n) is 12.7. The molecule has 3 atom stereocenters. The minimum atomic E-state index is -0.161. The third-order valence-corrected chi connectivity index (χ3v) is 5.27. The van der Waals surface area contributed by atoms with Gasteiger partial charge in [0.25, 0.3) is 0 Å². The van der Waals surface area contributed by atoms with E-state index < -0.39 is 0 Å². The summed E-state index contributed by atoms with van der Waals surface area (Å²) in [6, 6.07) is 9.54.